The molecule has 22 heavy (non-hydrogen) atoms. The molecule has 0 aliphatic heterocycles. The van der Waals surface area contributed by atoms with E-state index in [0.717, 1.165) is 44.4 Å². The third-order valence-corrected chi connectivity index (χ3v) is 4.54. The number of hydrogen-bond acceptors (Lipinski definition) is 2. The van der Waals surface area contributed by atoms with Crippen LogP contribution in [0.5, 0.6) is 0 Å². The fourth-order valence-corrected chi connectivity index (χ4v) is 3.03. The number of amides is 1. The summed E-state index contributed by atoms with van der Waals surface area (Å²) < 4.78 is 0. The van der Waals surface area contributed by atoms with Gasteiger partial charge in [-0.05, 0) is 32.1 Å². The molecule has 0 aromatic heterocycles. The lowest BCUT2D eigenvalue weighted by atomic mass is 9.87. The minimum absolute atomic E-state index is 0.209. The molecule has 2 saturated carbocycles. The Morgan fingerprint density at radius 1 is 1.00 bits per heavy atom. The highest BCUT2D eigenvalue weighted by Crippen LogP contribution is 2.28. The predicted octanol–water partition coefficient (Wildman–Crippen LogP) is 2.04. The number of guanidine groups is 1. The molecule has 0 atom stereocenters. The zero-order chi connectivity index (χ0) is 15.6. The second-order valence-electron chi connectivity index (χ2n) is 6.55. The van der Waals surface area contributed by atoms with E-state index in [1.807, 2.05) is 0 Å². The Kier molecular flexibility index (Phi) is 7.54. The fourth-order valence-electron chi connectivity index (χ4n) is 3.03. The second-order valence-corrected chi connectivity index (χ2v) is 6.55. The summed E-state index contributed by atoms with van der Waals surface area (Å²) in [5.74, 6) is 2.25. The van der Waals surface area contributed by atoms with E-state index in [1.165, 1.54) is 38.5 Å². The van der Waals surface area contributed by atoms with Gasteiger partial charge >= 0.3 is 0 Å². The van der Waals surface area contributed by atoms with E-state index in [-0.39, 0.29) is 11.8 Å². The van der Waals surface area contributed by atoms with Crippen molar-refractivity contribution in [3.63, 3.8) is 0 Å². The van der Waals surface area contributed by atoms with Gasteiger partial charge < -0.3 is 16.0 Å². The zero-order valence-electron chi connectivity index (χ0n) is 14.0. The van der Waals surface area contributed by atoms with Crippen LogP contribution in [0.4, 0.5) is 0 Å². The smallest absolute Gasteiger partial charge is 0.223 e. The Morgan fingerprint density at radius 3 is 2.41 bits per heavy atom. The van der Waals surface area contributed by atoms with Gasteiger partial charge in [-0.3, -0.25) is 9.79 Å². The molecule has 0 unspecified atom stereocenters. The summed E-state index contributed by atoms with van der Waals surface area (Å²) in [5.41, 5.74) is 0. The molecule has 0 heterocycles. The Morgan fingerprint density at radius 2 is 1.73 bits per heavy atom. The van der Waals surface area contributed by atoms with Gasteiger partial charge in [0.05, 0.1) is 0 Å². The molecule has 0 bridgehead atoms. The van der Waals surface area contributed by atoms with Gasteiger partial charge in [0, 0.05) is 32.1 Å². The predicted molar refractivity (Wildman–Crippen MR) is 90.9 cm³/mol. The van der Waals surface area contributed by atoms with Crippen LogP contribution in [0, 0.1) is 11.8 Å². The van der Waals surface area contributed by atoms with Gasteiger partial charge in [-0.25, -0.2) is 0 Å². The number of rotatable bonds is 8. The molecule has 3 N–H and O–H groups in total. The molecule has 0 spiro atoms. The van der Waals surface area contributed by atoms with E-state index in [1.54, 1.807) is 0 Å². The first kappa shape index (κ1) is 17.1. The fraction of sp³-hybridized carbons (Fsp3) is 0.882. The van der Waals surface area contributed by atoms with E-state index >= 15 is 0 Å². The van der Waals surface area contributed by atoms with Crippen LogP contribution < -0.4 is 16.0 Å². The minimum Gasteiger partial charge on any atom is -0.357 e. The first-order valence-corrected chi connectivity index (χ1v) is 9.09. The number of nitrogens with zero attached hydrogens (tertiary/aromatic N) is 1. The molecule has 2 rings (SSSR count). The van der Waals surface area contributed by atoms with Crippen LogP contribution in [0.3, 0.4) is 0 Å². The molecule has 0 radical (unpaired) electrons. The molecule has 0 aromatic carbocycles. The van der Waals surface area contributed by atoms with Gasteiger partial charge in [0.2, 0.25) is 5.91 Å². The largest absolute Gasteiger partial charge is 0.357 e. The Bertz CT molecular complexity index is 360. The van der Waals surface area contributed by atoms with Crippen LogP contribution in [-0.4, -0.2) is 38.0 Å². The van der Waals surface area contributed by atoms with Gasteiger partial charge in [0.1, 0.15) is 0 Å². The normalized spacial score (nSPS) is 19.8. The number of hydrogen-bond donors (Lipinski definition) is 3. The molecule has 2 aliphatic carbocycles. The van der Waals surface area contributed by atoms with Crippen molar-refractivity contribution in [3.8, 4) is 0 Å². The first-order valence-electron chi connectivity index (χ1n) is 9.09. The van der Waals surface area contributed by atoms with Gasteiger partial charge in [0.25, 0.3) is 0 Å². The molecule has 5 nitrogen and oxygen atoms in total. The first-order chi connectivity index (χ1) is 10.8. The lowest BCUT2D eigenvalue weighted by Gasteiger charge is -2.20. The maximum atomic E-state index is 11.5. The van der Waals surface area contributed by atoms with Crippen LogP contribution in [-0.2, 0) is 4.79 Å². The topological polar surface area (TPSA) is 65.5 Å². The SMILES string of the molecule is CCNC(=NCCC1CCCCC1)NCCNC(=O)C1CC1. The van der Waals surface area contributed by atoms with Crippen LogP contribution in [0.15, 0.2) is 4.99 Å². The Labute approximate surface area is 134 Å². The van der Waals surface area contributed by atoms with Crippen LogP contribution in [0.1, 0.15) is 58.3 Å². The van der Waals surface area contributed by atoms with E-state index in [0.29, 0.717) is 6.54 Å². The maximum absolute atomic E-state index is 11.5. The van der Waals surface area contributed by atoms with Gasteiger partial charge in [-0.15, -0.1) is 0 Å². The molecule has 0 saturated heterocycles. The van der Waals surface area contributed by atoms with Crippen molar-refractivity contribution in [1.82, 2.24) is 16.0 Å². The van der Waals surface area contributed by atoms with E-state index in [9.17, 15) is 4.79 Å². The maximum Gasteiger partial charge on any atom is 0.223 e. The molecule has 0 aromatic rings. The van der Waals surface area contributed by atoms with Crippen molar-refractivity contribution < 1.29 is 4.79 Å². The van der Waals surface area contributed by atoms with Crippen molar-refractivity contribution in [2.24, 2.45) is 16.8 Å². The summed E-state index contributed by atoms with van der Waals surface area (Å²) in [6.45, 7) is 5.24. The molecular weight excluding hydrogens is 276 g/mol. The van der Waals surface area contributed by atoms with Crippen LogP contribution in [0.2, 0.25) is 0 Å². The highest BCUT2D eigenvalue weighted by molar-refractivity contribution is 5.81. The lowest BCUT2D eigenvalue weighted by Crippen LogP contribution is -2.41. The quantitative estimate of drug-likeness (QED) is 0.365. The van der Waals surface area contributed by atoms with Crippen molar-refractivity contribution in [3.05, 3.63) is 0 Å². The molecule has 126 valence electrons. The second kappa shape index (κ2) is 9.70. The van der Waals surface area contributed by atoms with E-state index in [4.69, 9.17) is 0 Å². The number of carbonyl (C=O) groups is 1. The summed E-state index contributed by atoms with van der Waals surface area (Å²) >= 11 is 0. The third kappa shape index (κ3) is 6.67. The summed E-state index contributed by atoms with van der Waals surface area (Å²) in [7, 11) is 0. The van der Waals surface area contributed by atoms with Crippen LogP contribution in [0.25, 0.3) is 0 Å². The highest BCUT2D eigenvalue weighted by atomic mass is 16.2. The summed E-state index contributed by atoms with van der Waals surface area (Å²) in [5, 5.41) is 9.53. The monoisotopic (exact) mass is 308 g/mol. The summed E-state index contributed by atoms with van der Waals surface area (Å²) in [6.07, 6.45) is 10.3. The molecule has 1 amide bonds. The van der Waals surface area contributed by atoms with E-state index < -0.39 is 0 Å². The average Bonchev–Trinajstić information content (AvgIpc) is 3.37. The average molecular weight is 308 g/mol. The third-order valence-electron chi connectivity index (χ3n) is 4.54. The highest BCUT2D eigenvalue weighted by Gasteiger charge is 2.28. The summed E-state index contributed by atoms with van der Waals surface area (Å²) in [4.78, 5) is 16.2. The number of carbonyl (C=O) groups excluding carboxylic acids is 1. The van der Waals surface area contributed by atoms with Crippen molar-refractivity contribution in [2.75, 3.05) is 26.2 Å². The molecule has 5 heteroatoms. The zero-order valence-corrected chi connectivity index (χ0v) is 14.0. The Balaban J connectivity index is 1.59. The van der Waals surface area contributed by atoms with Crippen molar-refractivity contribution in [2.45, 2.75) is 58.3 Å². The van der Waals surface area contributed by atoms with Gasteiger partial charge in [0.15, 0.2) is 5.96 Å². The van der Waals surface area contributed by atoms with Gasteiger partial charge in [-0.1, -0.05) is 32.1 Å². The number of aliphatic imine (C=N–C) groups is 1. The Hall–Kier alpha value is -1.26. The molecule has 2 fully saturated rings. The number of nitrogens with one attached hydrogen (secondary N) is 3. The van der Waals surface area contributed by atoms with Crippen LogP contribution >= 0.6 is 0 Å². The molecular formula is C17H32N4O. The summed E-state index contributed by atoms with van der Waals surface area (Å²) in [6, 6.07) is 0. The minimum atomic E-state index is 0.209. The molecule has 2 aliphatic rings. The van der Waals surface area contributed by atoms with Crippen molar-refractivity contribution >= 4 is 11.9 Å². The lowest BCUT2D eigenvalue weighted by molar-refractivity contribution is -0.122. The van der Waals surface area contributed by atoms with Gasteiger partial charge in [-0.2, -0.15) is 0 Å². The van der Waals surface area contributed by atoms with E-state index in [2.05, 4.69) is 27.9 Å². The standard InChI is InChI=1S/C17H32N4O/c1-2-18-17(20-11-10-14-6-4-3-5-7-14)21-13-12-19-16(22)15-8-9-15/h14-15H,2-13H2,1H3,(H,19,22)(H2,18,20,21). The van der Waals surface area contributed by atoms with Crippen molar-refractivity contribution in [1.29, 1.82) is 0 Å².